The molecule has 1 saturated heterocycles. The van der Waals surface area contributed by atoms with Crippen LogP contribution in [0.2, 0.25) is 0 Å². The lowest BCUT2D eigenvalue weighted by molar-refractivity contribution is -0.383. The normalized spacial score (nSPS) is 36.0. The molecule has 7 nitrogen and oxygen atoms in total. The molecule has 0 unspecified atom stereocenters. The molecule has 1 aromatic heterocycles. The van der Waals surface area contributed by atoms with Gasteiger partial charge in [-0.3, -0.25) is 10.1 Å². The SMILES string of the molecule is O=[N+]([O-])c1c(NC23CC4CC(CC(C4)C2)C3)ncnc1N1CCCC1. The number of nitro groups is 1. The largest absolute Gasteiger partial charge is 0.359 e. The smallest absolute Gasteiger partial charge is 0.353 e. The molecule has 0 atom stereocenters. The number of anilines is 2. The van der Waals surface area contributed by atoms with Crippen molar-refractivity contribution in [2.45, 2.75) is 56.9 Å². The summed E-state index contributed by atoms with van der Waals surface area (Å²) in [6.07, 6.45) is 11.1. The van der Waals surface area contributed by atoms with Crippen LogP contribution < -0.4 is 10.2 Å². The average Bonchev–Trinajstić information content (AvgIpc) is 3.06. The van der Waals surface area contributed by atoms with Crippen molar-refractivity contribution in [3.8, 4) is 0 Å². The van der Waals surface area contributed by atoms with Crippen molar-refractivity contribution in [3.63, 3.8) is 0 Å². The Hall–Kier alpha value is -1.92. The average molecular weight is 343 g/mol. The molecule has 6 rings (SSSR count). The second-order valence-electron chi connectivity index (χ2n) is 8.67. The van der Waals surface area contributed by atoms with E-state index in [-0.39, 0.29) is 16.1 Å². The highest BCUT2D eigenvalue weighted by molar-refractivity contribution is 5.71. The highest BCUT2D eigenvalue weighted by atomic mass is 16.6. The first-order valence-electron chi connectivity index (χ1n) is 9.64. The van der Waals surface area contributed by atoms with Gasteiger partial charge in [0.2, 0.25) is 11.6 Å². The lowest BCUT2D eigenvalue weighted by atomic mass is 9.53. The maximum Gasteiger partial charge on any atom is 0.353 e. The van der Waals surface area contributed by atoms with Crippen LogP contribution in [0, 0.1) is 27.9 Å². The Morgan fingerprint density at radius 2 is 1.68 bits per heavy atom. The third-order valence-corrected chi connectivity index (χ3v) is 6.81. The first-order valence-corrected chi connectivity index (χ1v) is 9.64. The molecule has 0 radical (unpaired) electrons. The minimum absolute atomic E-state index is 0.0101. The number of aromatic nitrogens is 2. The molecule has 4 aliphatic carbocycles. The second kappa shape index (κ2) is 5.54. The van der Waals surface area contributed by atoms with Crippen molar-refractivity contribution in [2.75, 3.05) is 23.3 Å². The van der Waals surface area contributed by atoms with Crippen molar-refractivity contribution < 1.29 is 4.92 Å². The van der Waals surface area contributed by atoms with E-state index in [9.17, 15) is 10.1 Å². The predicted molar refractivity (Wildman–Crippen MR) is 94.7 cm³/mol. The standard InChI is InChI=1S/C18H25N5O2/c24-23(25)15-16(19-11-20-17(15)22-3-1-2-4-22)21-18-8-12-5-13(9-18)7-14(6-12)10-18/h11-14H,1-10H2,(H,19,20,21). The Balaban J connectivity index is 1.49. The number of nitrogens with zero attached hydrogens (tertiary/aromatic N) is 4. The monoisotopic (exact) mass is 343 g/mol. The summed E-state index contributed by atoms with van der Waals surface area (Å²) < 4.78 is 0. The van der Waals surface area contributed by atoms with Gasteiger partial charge in [0.05, 0.1) is 4.92 Å². The molecule has 4 bridgehead atoms. The first-order chi connectivity index (χ1) is 12.1. The molecule has 25 heavy (non-hydrogen) atoms. The Labute approximate surface area is 147 Å². The van der Waals surface area contributed by atoms with Crippen molar-refractivity contribution in [1.29, 1.82) is 0 Å². The van der Waals surface area contributed by atoms with Crippen LogP contribution in [-0.4, -0.2) is 33.5 Å². The van der Waals surface area contributed by atoms with E-state index < -0.39 is 0 Å². The molecule has 0 aromatic carbocycles. The minimum Gasteiger partial charge on any atom is -0.359 e. The van der Waals surface area contributed by atoms with Gasteiger partial charge >= 0.3 is 5.69 Å². The third-order valence-electron chi connectivity index (χ3n) is 6.81. The van der Waals surface area contributed by atoms with E-state index in [0.29, 0.717) is 11.6 Å². The van der Waals surface area contributed by atoms with E-state index in [4.69, 9.17) is 0 Å². The van der Waals surface area contributed by atoms with Gasteiger partial charge in [-0.25, -0.2) is 9.97 Å². The van der Waals surface area contributed by atoms with Crippen LogP contribution in [0.25, 0.3) is 0 Å². The summed E-state index contributed by atoms with van der Waals surface area (Å²) in [7, 11) is 0. The summed E-state index contributed by atoms with van der Waals surface area (Å²) >= 11 is 0. The van der Waals surface area contributed by atoms with Crippen molar-refractivity contribution >= 4 is 17.3 Å². The molecule has 0 amide bonds. The van der Waals surface area contributed by atoms with E-state index in [0.717, 1.165) is 62.9 Å². The molecule has 5 fully saturated rings. The quantitative estimate of drug-likeness (QED) is 0.666. The lowest BCUT2D eigenvalue weighted by Gasteiger charge is -2.57. The first kappa shape index (κ1) is 15.3. The van der Waals surface area contributed by atoms with Gasteiger partial charge in [-0.05, 0) is 69.1 Å². The van der Waals surface area contributed by atoms with E-state index in [1.54, 1.807) is 0 Å². The Morgan fingerprint density at radius 1 is 1.08 bits per heavy atom. The minimum atomic E-state index is -0.295. The molecule has 2 heterocycles. The summed E-state index contributed by atoms with van der Waals surface area (Å²) in [5.74, 6) is 3.29. The molecule has 5 aliphatic rings. The lowest BCUT2D eigenvalue weighted by Crippen LogP contribution is -2.55. The molecule has 1 aromatic rings. The van der Waals surface area contributed by atoms with Crippen LogP contribution in [-0.2, 0) is 0 Å². The zero-order valence-electron chi connectivity index (χ0n) is 14.5. The van der Waals surface area contributed by atoms with Crippen LogP contribution >= 0.6 is 0 Å². The van der Waals surface area contributed by atoms with Gasteiger partial charge in [-0.1, -0.05) is 0 Å². The second-order valence-corrected chi connectivity index (χ2v) is 8.67. The van der Waals surface area contributed by atoms with Gasteiger partial charge < -0.3 is 10.2 Å². The highest BCUT2D eigenvalue weighted by Gasteiger charge is 2.51. The maximum atomic E-state index is 11.8. The molecular formula is C18H25N5O2. The van der Waals surface area contributed by atoms with Crippen molar-refractivity contribution in [3.05, 3.63) is 16.4 Å². The maximum absolute atomic E-state index is 11.8. The van der Waals surface area contributed by atoms with Gasteiger partial charge in [0.15, 0.2) is 0 Å². The van der Waals surface area contributed by atoms with Gasteiger partial charge in [0.25, 0.3) is 0 Å². The van der Waals surface area contributed by atoms with Crippen LogP contribution in [0.4, 0.5) is 17.3 Å². The fourth-order valence-electron chi connectivity index (χ4n) is 6.30. The van der Waals surface area contributed by atoms with Crippen LogP contribution in [0.3, 0.4) is 0 Å². The fraction of sp³-hybridized carbons (Fsp3) is 0.778. The molecule has 1 N–H and O–H groups in total. The van der Waals surface area contributed by atoms with E-state index in [1.807, 2.05) is 4.90 Å². The molecule has 134 valence electrons. The van der Waals surface area contributed by atoms with E-state index >= 15 is 0 Å². The van der Waals surface area contributed by atoms with Gasteiger partial charge in [-0.15, -0.1) is 0 Å². The van der Waals surface area contributed by atoms with Crippen molar-refractivity contribution in [2.24, 2.45) is 17.8 Å². The van der Waals surface area contributed by atoms with Crippen LogP contribution in [0.15, 0.2) is 6.33 Å². The van der Waals surface area contributed by atoms with Crippen LogP contribution in [0.5, 0.6) is 0 Å². The fourth-order valence-corrected chi connectivity index (χ4v) is 6.30. The zero-order valence-corrected chi connectivity index (χ0v) is 14.5. The van der Waals surface area contributed by atoms with E-state index in [2.05, 4.69) is 15.3 Å². The Bertz CT molecular complexity index is 665. The van der Waals surface area contributed by atoms with E-state index in [1.165, 1.54) is 25.6 Å². The number of rotatable bonds is 4. The summed E-state index contributed by atoms with van der Waals surface area (Å²) in [6, 6.07) is 0. The number of hydrogen-bond acceptors (Lipinski definition) is 6. The van der Waals surface area contributed by atoms with Gasteiger partial charge in [0, 0.05) is 18.6 Å². The topological polar surface area (TPSA) is 84.2 Å². The number of nitrogens with one attached hydrogen (secondary N) is 1. The third kappa shape index (κ3) is 2.55. The Morgan fingerprint density at radius 3 is 2.24 bits per heavy atom. The number of hydrogen-bond donors (Lipinski definition) is 1. The van der Waals surface area contributed by atoms with Crippen molar-refractivity contribution in [1.82, 2.24) is 9.97 Å². The molecule has 1 aliphatic heterocycles. The molecule has 0 spiro atoms. The molecule has 7 heteroatoms. The van der Waals surface area contributed by atoms with Gasteiger partial charge in [-0.2, -0.15) is 0 Å². The summed E-state index contributed by atoms with van der Waals surface area (Å²) in [4.78, 5) is 22.2. The Kier molecular flexibility index (Phi) is 3.40. The molecular weight excluding hydrogens is 318 g/mol. The molecule has 4 saturated carbocycles. The summed E-state index contributed by atoms with van der Waals surface area (Å²) in [5, 5.41) is 15.4. The highest BCUT2D eigenvalue weighted by Crippen LogP contribution is 2.57. The zero-order chi connectivity index (χ0) is 17.0. The predicted octanol–water partition coefficient (Wildman–Crippen LogP) is 3.37. The summed E-state index contributed by atoms with van der Waals surface area (Å²) in [5.41, 5.74) is 0.0796. The summed E-state index contributed by atoms with van der Waals surface area (Å²) in [6.45, 7) is 1.68. The van der Waals surface area contributed by atoms with Crippen LogP contribution in [0.1, 0.15) is 51.4 Å². The van der Waals surface area contributed by atoms with Gasteiger partial charge in [0.1, 0.15) is 6.33 Å².